The zero-order valence-electron chi connectivity index (χ0n) is 11.3. The van der Waals surface area contributed by atoms with Crippen molar-refractivity contribution in [1.29, 1.82) is 0 Å². The maximum absolute atomic E-state index is 12.6. The first kappa shape index (κ1) is 14.5. The number of halogens is 1. The van der Waals surface area contributed by atoms with Gasteiger partial charge >= 0.3 is 0 Å². The summed E-state index contributed by atoms with van der Waals surface area (Å²) < 4.78 is 0. The van der Waals surface area contributed by atoms with Gasteiger partial charge in [-0.05, 0) is 26.1 Å². The van der Waals surface area contributed by atoms with Gasteiger partial charge in [-0.1, -0.05) is 24.3 Å². The summed E-state index contributed by atoms with van der Waals surface area (Å²) in [7, 11) is 3.97. The zero-order valence-corrected chi connectivity index (χ0v) is 12.1. The van der Waals surface area contributed by atoms with Crippen molar-refractivity contribution in [3.63, 3.8) is 0 Å². The Labute approximate surface area is 119 Å². The monoisotopic (exact) mass is 281 g/mol. The van der Waals surface area contributed by atoms with Crippen molar-refractivity contribution in [2.24, 2.45) is 5.84 Å². The number of carbonyl (C=O) groups excluding carboxylic acids is 1. The summed E-state index contributed by atoms with van der Waals surface area (Å²) in [5, 5.41) is 1.66. The van der Waals surface area contributed by atoms with Crippen LogP contribution in [0.4, 0.5) is 0 Å². The second-order valence-electron chi connectivity index (χ2n) is 5.20. The maximum atomic E-state index is 12.6. The first-order valence-corrected chi connectivity index (χ1v) is 6.95. The van der Waals surface area contributed by atoms with Gasteiger partial charge in [-0.2, -0.15) is 0 Å². The van der Waals surface area contributed by atoms with Crippen LogP contribution >= 0.6 is 11.6 Å². The summed E-state index contributed by atoms with van der Waals surface area (Å²) in [6, 6.07) is 7.35. The number of carbonyl (C=O) groups is 1. The molecule has 1 aromatic carbocycles. The lowest BCUT2D eigenvalue weighted by Crippen LogP contribution is -2.49. The molecule has 1 aliphatic heterocycles. The molecule has 0 radical (unpaired) electrons. The summed E-state index contributed by atoms with van der Waals surface area (Å²) in [4.78, 5) is 14.7. The highest BCUT2D eigenvalue weighted by Gasteiger charge is 2.39. The van der Waals surface area contributed by atoms with Crippen LogP contribution in [0.15, 0.2) is 24.3 Å². The number of likely N-dealkylation sites (N-methyl/N-ethyl adjacent to an activating group) is 1. The molecule has 1 heterocycles. The predicted molar refractivity (Wildman–Crippen MR) is 77.1 cm³/mol. The number of hydrazine groups is 1. The molecule has 1 saturated heterocycles. The standard InChI is InChI=1S/C14H20ClN3O/c1-17(2)12-7-8-18(16)13(12)14(19)11-5-3-10(9-15)4-6-11/h3-6,12-13H,7-9,16H2,1-2H3. The van der Waals surface area contributed by atoms with Crippen LogP contribution in [0.2, 0.25) is 0 Å². The van der Waals surface area contributed by atoms with Gasteiger partial charge in [0.15, 0.2) is 5.78 Å². The number of ketones is 1. The van der Waals surface area contributed by atoms with E-state index in [2.05, 4.69) is 4.90 Å². The van der Waals surface area contributed by atoms with Gasteiger partial charge in [-0.15, -0.1) is 11.6 Å². The fourth-order valence-corrected chi connectivity index (χ4v) is 2.77. The van der Waals surface area contributed by atoms with Gasteiger partial charge in [0.25, 0.3) is 0 Å². The van der Waals surface area contributed by atoms with Gasteiger partial charge in [-0.3, -0.25) is 10.6 Å². The van der Waals surface area contributed by atoms with Crippen LogP contribution in [0.5, 0.6) is 0 Å². The van der Waals surface area contributed by atoms with Crippen molar-refractivity contribution in [3.8, 4) is 0 Å². The Balaban J connectivity index is 2.21. The SMILES string of the molecule is CN(C)C1CCN(N)C1C(=O)c1ccc(CCl)cc1. The molecule has 0 amide bonds. The Kier molecular flexibility index (Phi) is 4.58. The molecule has 0 spiro atoms. The van der Waals surface area contributed by atoms with E-state index in [4.69, 9.17) is 17.4 Å². The predicted octanol–water partition coefficient (Wildman–Crippen LogP) is 1.49. The van der Waals surface area contributed by atoms with Crippen molar-refractivity contribution in [2.45, 2.75) is 24.4 Å². The quantitative estimate of drug-likeness (QED) is 0.516. The lowest BCUT2D eigenvalue weighted by Gasteiger charge is -2.27. The highest BCUT2D eigenvalue weighted by atomic mass is 35.5. The van der Waals surface area contributed by atoms with Crippen molar-refractivity contribution in [3.05, 3.63) is 35.4 Å². The molecule has 1 fully saturated rings. The lowest BCUT2D eigenvalue weighted by atomic mass is 9.97. The molecule has 2 unspecified atom stereocenters. The first-order valence-electron chi connectivity index (χ1n) is 6.41. The number of alkyl halides is 1. The molecular weight excluding hydrogens is 262 g/mol. The molecule has 2 N–H and O–H groups in total. The molecule has 19 heavy (non-hydrogen) atoms. The third kappa shape index (κ3) is 2.98. The molecule has 0 aliphatic carbocycles. The average Bonchev–Trinajstić information content (AvgIpc) is 2.80. The summed E-state index contributed by atoms with van der Waals surface area (Å²) >= 11 is 5.75. The molecule has 0 aromatic heterocycles. The average molecular weight is 282 g/mol. The second kappa shape index (κ2) is 6.01. The fraction of sp³-hybridized carbons (Fsp3) is 0.500. The van der Waals surface area contributed by atoms with E-state index in [9.17, 15) is 4.79 Å². The number of benzene rings is 1. The van der Waals surface area contributed by atoms with Crippen LogP contribution < -0.4 is 5.84 Å². The Bertz CT molecular complexity index is 447. The Hall–Kier alpha value is -0.940. The van der Waals surface area contributed by atoms with Crippen molar-refractivity contribution in [2.75, 3.05) is 20.6 Å². The molecule has 2 atom stereocenters. The van der Waals surface area contributed by atoms with E-state index in [1.54, 1.807) is 5.01 Å². The Morgan fingerprint density at radius 3 is 2.58 bits per heavy atom. The van der Waals surface area contributed by atoms with Crippen molar-refractivity contribution in [1.82, 2.24) is 9.91 Å². The molecule has 5 heteroatoms. The minimum absolute atomic E-state index is 0.0832. The number of hydrogen-bond acceptors (Lipinski definition) is 4. The highest BCUT2D eigenvalue weighted by Crippen LogP contribution is 2.22. The highest BCUT2D eigenvalue weighted by molar-refractivity contribution is 6.17. The largest absolute Gasteiger partial charge is 0.304 e. The van der Waals surface area contributed by atoms with Crippen LogP contribution in [0.3, 0.4) is 0 Å². The molecule has 0 bridgehead atoms. The van der Waals surface area contributed by atoms with Crippen LogP contribution in [0.25, 0.3) is 0 Å². The number of rotatable bonds is 4. The normalized spacial score (nSPS) is 24.1. The van der Waals surface area contributed by atoms with Crippen molar-refractivity contribution >= 4 is 17.4 Å². The van der Waals surface area contributed by atoms with Crippen LogP contribution in [-0.2, 0) is 5.88 Å². The Morgan fingerprint density at radius 2 is 2.05 bits per heavy atom. The van der Waals surface area contributed by atoms with Gasteiger partial charge < -0.3 is 4.90 Å². The molecule has 1 aliphatic rings. The molecule has 2 rings (SSSR count). The Morgan fingerprint density at radius 1 is 1.42 bits per heavy atom. The number of Topliss-reactive ketones (excluding diaryl/α,β-unsaturated/α-hetero) is 1. The maximum Gasteiger partial charge on any atom is 0.182 e. The van der Waals surface area contributed by atoms with Gasteiger partial charge in [0.1, 0.15) is 6.04 Å². The number of nitrogens with two attached hydrogens (primary N) is 1. The van der Waals surface area contributed by atoms with E-state index in [0.29, 0.717) is 11.4 Å². The molecular formula is C14H20ClN3O. The van der Waals surface area contributed by atoms with E-state index >= 15 is 0 Å². The van der Waals surface area contributed by atoms with Crippen LogP contribution in [0, 0.1) is 0 Å². The van der Waals surface area contributed by atoms with Crippen molar-refractivity contribution < 1.29 is 4.79 Å². The molecule has 4 nitrogen and oxygen atoms in total. The number of hydrogen-bond donors (Lipinski definition) is 1. The summed E-state index contributed by atoms with van der Waals surface area (Å²) in [6.07, 6.45) is 0.916. The first-order chi connectivity index (χ1) is 9.04. The van der Waals surface area contributed by atoms with Gasteiger partial charge in [0.2, 0.25) is 0 Å². The second-order valence-corrected chi connectivity index (χ2v) is 5.46. The summed E-state index contributed by atoms with van der Waals surface area (Å²) in [5.41, 5.74) is 1.71. The van der Waals surface area contributed by atoms with Crippen LogP contribution in [0.1, 0.15) is 22.3 Å². The summed E-state index contributed by atoms with van der Waals surface area (Å²) in [6.45, 7) is 0.749. The fourth-order valence-electron chi connectivity index (χ4n) is 2.59. The zero-order chi connectivity index (χ0) is 14.0. The van der Waals surface area contributed by atoms with E-state index in [1.165, 1.54) is 0 Å². The van der Waals surface area contributed by atoms with E-state index < -0.39 is 0 Å². The topological polar surface area (TPSA) is 49.6 Å². The molecule has 104 valence electrons. The minimum Gasteiger partial charge on any atom is -0.304 e. The third-order valence-corrected chi connectivity index (χ3v) is 4.04. The lowest BCUT2D eigenvalue weighted by molar-refractivity contribution is 0.0802. The van der Waals surface area contributed by atoms with E-state index in [-0.39, 0.29) is 17.9 Å². The number of nitrogens with zero attached hydrogens (tertiary/aromatic N) is 2. The molecule has 1 aromatic rings. The van der Waals surface area contributed by atoms with Gasteiger partial charge in [0, 0.05) is 24.0 Å². The third-order valence-electron chi connectivity index (χ3n) is 3.73. The van der Waals surface area contributed by atoms with E-state index in [1.807, 2.05) is 38.4 Å². The summed E-state index contributed by atoms with van der Waals surface area (Å²) in [5.74, 6) is 6.51. The van der Waals surface area contributed by atoms with E-state index in [0.717, 1.165) is 18.5 Å². The smallest absolute Gasteiger partial charge is 0.182 e. The van der Waals surface area contributed by atoms with Gasteiger partial charge in [-0.25, -0.2) is 5.01 Å². The van der Waals surface area contributed by atoms with Gasteiger partial charge in [0.05, 0.1) is 0 Å². The molecule has 0 saturated carbocycles. The van der Waals surface area contributed by atoms with Crippen LogP contribution in [-0.4, -0.2) is 48.4 Å². The minimum atomic E-state index is -0.267.